The number of nitrogens with one attached hydrogen (secondary N) is 1. The third-order valence-electron chi connectivity index (χ3n) is 5.28. The van der Waals surface area contributed by atoms with Crippen LogP contribution in [-0.4, -0.2) is 42.2 Å². The van der Waals surface area contributed by atoms with Crippen LogP contribution in [0.3, 0.4) is 0 Å². The molecule has 2 fully saturated rings. The van der Waals surface area contributed by atoms with Crippen LogP contribution in [-0.2, 0) is 18.8 Å². The van der Waals surface area contributed by atoms with Gasteiger partial charge in [0.2, 0.25) is 0 Å². The van der Waals surface area contributed by atoms with Crippen molar-refractivity contribution in [3.63, 3.8) is 0 Å². The van der Waals surface area contributed by atoms with E-state index in [1.165, 1.54) is 6.08 Å². The van der Waals surface area contributed by atoms with E-state index in [0.717, 1.165) is 0 Å². The van der Waals surface area contributed by atoms with Crippen molar-refractivity contribution in [1.82, 2.24) is 5.32 Å². The Morgan fingerprint density at radius 2 is 1.88 bits per heavy atom. The Labute approximate surface area is 139 Å². The van der Waals surface area contributed by atoms with E-state index in [0.29, 0.717) is 24.7 Å². The number of fused-ring (bicyclic) bond motifs is 2. The molecular weight excluding hydrogens is 326 g/mol. The van der Waals surface area contributed by atoms with Crippen LogP contribution in [0.1, 0.15) is 47.0 Å². The smallest absolute Gasteiger partial charge is 0.434 e. The first-order valence-electron chi connectivity index (χ1n) is 7.99. The monoisotopic (exact) mass is 347 g/mol. The molecule has 0 saturated carbocycles. The summed E-state index contributed by atoms with van der Waals surface area (Å²) in [6.07, 6.45) is -2.00. The van der Waals surface area contributed by atoms with Crippen LogP contribution >= 0.6 is 0 Å². The lowest BCUT2D eigenvalue weighted by Crippen LogP contribution is -2.51. The molecule has 3 rings (SSSR count). The van der Waals surface area contributed by atoms with Crippen LogP contribution in [0.25, 0.3) is 0 Å². The first-order valence-corrected chi connectivity index (χ1v) is 7.99. The van der Waals surface area contributed by atoms with Crippen LogP contribution in [0.2, 0.25) is 0 Å². The minimum absolute atomic E-state index is 0.0648. The summed E-state index contributed by atoms with van der Waals surface area (Å²) in [4.78, 5) is 11.3. The van der Waals surface area contributed by atoms with Crippen molar-refractivity contribution in [3.05, 3.63) is 11.5 Å². The standard InChI is InChI=1S/C15H21BF3NO4/c1-12(2)13(3,4)24-16(23-12)9-7-10-5-6-14(8-9,20-10)22-11(21)15(17,18)19/h8,10,20H,5-7H2,1-4H3. The summed E-state index contributed by atoms with van der Waals surface area (Å²) >= 11 is 0. The van der Waals surface area contributed by atoms with E-state index in [9.17, 15) is 18.0 Å². The number of carbonyl (C=O) groups is 1. The Hall–Kier alpha value is -1.06. The molecule has 2 saturated heterocycles. The van der Waals surface area contributed by atoms with Crippen molar-refractivity contribution in [3.8, 4) is 0 Å². The Morgan fingerprint density at radius 1 is 1.29 bits per heavy atom. The van der Waals surface area contributed by atoms with Gasteiger partial charge in [0.15, 0.2) is 5.72 Å². The molecule has 0 aromatic heterocycles. The highest BCUT2D eigenvalue weighted by Crippen LogP contribution is 2.43. The van der Waals surface area contributed by atoms with Gasteiger partial charge < -0.3 is 14.0 Å². The lowest BCUT2D eigenvalue weighted by molar-refractivity contribution is -0.212. The second kappa shape index (κ2) is 5.22. The normalized spacial score (nSPS) is 34.2. The number of carbonyl (C=O) groups excluding carboxylic acids is 1. The lowest BCUT2D eigenvalue weighted by atomic mass is 9.73. The van der Waals surface area contributed by atoms with Gasteiger partial charge in [-0.05, 0) is 52.1 Å². The van der Waals surface area contributed by atoms with E-state index in [2.05, 4.69) is 5.32 Å². The Bertz CT molecular complexity index is 574. The second-order valence-electron chi connectivity index (χ2n) is 7.67. The van der Waals surface area contributed by atoms with Gasteiger partial charge in [-0.3, -0.25) is 5.32 Å². The average molecular weight is 347 g/mol. The van der Waals surface area contributed by atoms with Crippen LogP contribution in [0.4, 0.5) is 13.2 Å². The van der Waals surface area contributed by atoms with Crippen molar-refractivity contribution in [2.75, 3.05) is 0 Å². The summed E-state index contributed by atoms with van der Waals surface area (Å²) in [6.45, 7) is 7.62. The summed E-state index contributed by atoms with van der Waals surface area (Å²) < 4.78 is 54.4. The lowest BCUT2D eigenvalue weighted by Gasteiger charge is -2.33. The molecule has 24 heavy (non-hydrogen) atoms. The van der Waals surface area contributed by atoms with Crippen LogP contribution < -0.4 is 5.32 Å². The maximum atomic E-state index is 12.6. The van der Waals surface area contributed by atoms with Gasteiger partial charge in [0.1, 0.15) is 0 Å². The summed E-state index contributed by atoms with van der Waals surface area (Å²) in [7, 11) is -0.651. The summed E-state index contributed by atoms with van der Waals surface area (Å²) in [5.41, 5.74) is -1.81. The first kappa shape index (κ1) is 17.8. The average Bonchev–Trinajstić information content (AvgIpc) is 2.82. The molecule has 0 aliphatic carbocycles. The van der Waals surface area contributed by atoms with Crippen LogP contribution in [0.15, 0.2) is 11.5 Å². The van der Waals surface area contributed by atoms with Crippen molar-refractivity contribution in [1.29, 1.82) is 0 Å². The zero-order valence-electron chi connectivity index (χ0n) is 14.1. The van der Waals surface area contributed by atoms with Gasteiger partial charge in [0.05, 0.1) is 11.2 Å². The van der Waals surface area contributed by atoms with Crippen LogP contribution in [0.5, 0.6) is 0 Å². The van der Waals surface area contributed by atoms with Gasteiger partial charge >= 0.3 is 19.3 Å². The number of hydrogen-bond acceptors (Lipinski definition) is 5. The molecule has 3 aliphatic heterocycles. The van der Waals surface area contributed by atoms with Gasteiger partial charge in [0.25, 0.3) is 0 Å². The SMILES string of the molecule is CC1(C)OB(C2=CC3(OC(=O)C(F)(F)F)CCC(C2)N3)OC1(C)C. The number of alkyl halides is 3. The minimum Gasteiger partial charge on any atom is -0.434 e. The maximum absolute atomic E-state index is 12.6. The second-order valence-corrected chi connectivity index (χ2v) is 7.67. The molecule has 2 unspecified atom stereocenters. The van der Waals surface area contributed by atoms with E-state index in [1.807, 2.05) is 27.7 Å². The van der Waals surface area contributed by atoms with Gasteiger partial charge in [-0.2, -0.15) is 13.2 Å². The number of hydrogen-bond donors (Lipinski definition) is 1. The fourth-order valence-corrected chi connectivity index (χ4v) is 3.28. The van der Waals surface area contributed by atoms with E-state index in [-0.39, 0.29) is 6.04 Å². The molecule has 3 heterocycles. The summed E-state index contributed by atoms with van der Waals surface area (Å²) in [6, 6.07) is -0.0648. The quantitative estimate of drug-likeness (QED) is 0.615. The molecule has 9 heteroatoms. The Balaban J connectivity index is 1.83. The first-order chi connectivity index (χ1) is 10.8. The van der Waals surface area contributed by atoms with Gasteiger partial charge in [-0.15, -0.1) is 0 Å². The summed E-state index contributed by atoms with van der Waals surface area (Å²) in [5.74, 6) is -2.19. The van der Waals surface area contributed by atoms with Gasteiger partial charge in [-0.1, -0.05) is 0 Å². The fraction of sp³-hybridized carbons (Fsp3) is 0.800. The zero-order valence-corrected chi connectivity index (χ0v) is 14.1. The highest BCUT2D eigenvalue weighted by molar-refractivity contribution is 6.54. The third-order valence-corrected chi connectivity index (χ3v) is 5.28. The topological polar surface area (TPSA) is 56.8 Å². The van der Waals surface area contributed by atoms with Crippen LogP contribution in [0, 0.1) is 0 Å². The van der Waals surface area contributed by atoms with Crippen molar-refractivity contribution in [2.24, 2.45) is 0 Å². The fourth-order valence-electron chi connectivity index (χ4n) is 3.28. The maximum Gasteiger partial charge on any atom is 0.491 e. The van der Waals surface area contributed by atoms with Gasteiger partial charge in [0, 0.05) is 12.5 Å². The molecule has 0 radical (unpaired) electrons. The molecule has 0 aromatic rings. The number of esters is 1. The highest BCUT2D eigenvalue weighted by atomic mass is 19.4. The third kappa shape index (κ3) is 2.97. The predicted octanol–water partition coefficient (Wildman–Crippen LogP) is 2.50. The number of halogens is 3. The highest BCUT2D eigenvalue weighted by Gasteiger charge is 2.56. The molecular formula is C15H21BF3NO4. The molecule has 2 bridgehead atoms. The van der Waals surface area contributed by atoms with Gasteiger partial charge in [-0.25, -0.2) is 4.79 Å². The minimum atomic E-state index is -5.02. The van der Waals surface area contributed by atoms with E-state index < -0.39 is 36.2 Å². The largest absolute Gasteiger partial charge is 0.491 e. The molecule has 3 aliphatic rings. The molecule has 134 valence electrons. The molecule has 0 amide bonds. The molecule has 0 spiro atoms. The predicted molar refractivity (Wildman–Crippen MR) is 79.8 cm³/mol. The number of ether oxygens (including phenoxy) is 1. The Kier molecular flexibility index (Phi) is 3.86. The van der Waals surface area contributed by atoms with E-state index in [1.54, 1.807) is 0 Å². The van der Waals surface area contributed by atoms with E-state index >= 15 is 0 Å². The molecule has 5 nitrogen and oxygen atoms in total. The molecule has 0 aromatic carbocycles. The zero-order chi connectivity index (χ0) is 18.0. The molecule has 2 atom stereocenters. The van der Waals surface area contributed by atoms with E-state index in [4.69, 9.17) is 14.0 Å². The molecule has 1 N–H and O–H groups in total. The van der Waals surface area contributed by atoms with Crippen molar-refractivity contribution in [2.45, 2.75) is 76.1 Å². The Morgan fingerprint density at radius 3 is 2.42 bits per heavy atom. The summed E-state index contributed by atoms with van der Waals surface area (Å²) in [5, 5.41) is 2.97. The van der Waals surface area contributed by atoms with Crippen molar-refractivity contribution >= 4 is 13.1 Å². The number of rotatable bonds is 2. The van der Waals surface area contributed by atoms with Crippen molar-refractivity contribution < 1.29 is 32.0 Å².